The molecular formula is C9H6Cl2F2O2. The quantitative estimate of drug-likeness (QED) is 0.896. The second-order valence-corrected chi connectivity index (χ2v) is 3.81. The van der Waals surface area contributed by atoms with E-state index in [-0.39, 0.29) is 10.0 Å². The highest BCUT2D eigenvalue weighted by Crippen LogP contribution is 2.34. The van der Waals surface area contributed by atoms with Gasteiger partial charge in [0.05, 0.1) is 0 Å². The van der Waals surface area contributed by atoms with Crippen molar-refractivity contribution in [1.29, 1.82) is 0 Å². The van der Waals surface area contributed by atoms with Crippen LogP contribution in [-0.2, 0) is 10.7 Å². The van der Waals surface area contributed by atoms with E-state index in [2.05, 4.69) is 0 Å². The molecule has 1 N–H and O–H groups in total. The van der Waals surface area contributed by atoms with Crippen LogP contribution in [-0.4, -0.2) is 11.1 Å². The van der Waals surface area contributed by atoms with E-state index in [1.54, 1.807) is 0 Å². The third-order valence-electron chi connectivity index (χ3n) is 1.66. The number of carboxylic acids is 1. The molecule has 0 aliphatic heterocycles. The molecule has 0 fully saturated rings. The van der Waals surface area contributed by atoms with Crippen molar-refractivity contribution >= 4 is 29.2 Å². The predicted molar refractivity (Wildman–Crippen MR) is 52.6 cm³/mol. The third-order valence-corrected chi connectivity index (χ3v) is 2.09. The molecule has 6 heteroatoms. The minimum atomic E-state index is -3.47. The summed E-state index contributed by atoms with van der Waals surface area (Å²) >= 11 is 11.1. The number of hydrogen-bond acceptors (Lipinski definition) is 1. The van der Waals surface area contributed by atoms with E-state index in [4.69, 9.17) is 28.3 Å². The summed E-state index contributed by atoms with van der Waals surface area (Å²) in [4.78, 5) is 10.2. The summed E-state index contributed by atoms with van der Waals surface area (Å²) in [7, 11) is 0. The maximum absolute atomic E-state index is 13.3. The number of aliphatic carboxylic acids is 1. The molecule has 0 aliphatic rings. The predicted octanol–water partition coefficient (Wildman–Crippen LogP) is 3.56. The SMILES string of the molecule is O=C(O)CC(F)(F)c1cc(Cl)cc(Cl)c1. The average Bonchev–Trinajstić information content (AvgIpc) is 1.99. The fourth-order valence-corrected chi connectivity index (χ4v) is 1.58. The number of carbonyl (C=O) groups is 1. The summed E-state index contributed by atoms with van der Waals surface area (Å²) in [6.45, 7) is 0. The van der Waals surface area contributed by atoms with E-state index >= 15 is 0 Å². The number of rotatable bonds is 3. The number of carboxylic acid groups (broad SMARTS) is 1. The minimum Gasteiger partial charge on any atom is -0.481 e. The summed E-state index contributed by atoms with van der Waals surface area (Å²) in [5.41, 5.74) is -0.498. The Labute approximate surface area is 94.4 Å². The summed E-state index contributed by atoms with van der Waals surface area (Å²) in [6.07, 6.45) is -1.29. The van der Waals surface area contributed by atoms with Gasteiger partial charge in [0, 0.05) is 15.6 Å². The van der Waals surface area contributed by atoms with E-state index in [0.717, 1.165) is 12.1 Å². The molecule has 0 spiro atoms. The third kappa shape index (κ3) is 3.32. The van der Waals surface area contributed by atoms with E-state index in [1.165, 1.54) is 6.07 Å². The molecule has 1 rings (SSSR count). The molecule has 0 atom stereocenters. The van der Waals surface area contributed by atoms with Crippen LogP contribution in [0.2, 0.25) is 10.0 Å². The molecule has 0 radical (unpaired) electrons. The van der Waals surface area contributed by atoms with E-state index in [9.17, 15) is 13.6 Å². The summed E-state index contributed by atoms with van der Waals surface area (Å²) in [5, 5.41) is 8.39. The first-order valence-electron chi connectivity index (χ1n) is 3.87. The molecule has 2 nitrogen and oxygen atoms in total. The van der Waals surface area contributed by atoms with Gasteiger partial charge < -0.3 is 5.11 Å². The Morgan fingerprint density at radius 1 is 1.27 bits per heavy atom. The lowest BCUT2D eigenvalue weighted by molar-refractivity contribution is -0.145. The van der Waals surface area contributed by atoms with Crippen LogP contribution in [0.4, 0.5) is 8.78 Å². The zero-order chi connectivity index (χ0) is 11.6. The van der Waals surface area contributed by atoms with Gasteiger partial charge in [0.2, 0.25) is 0 Å². The smallest absolute Gasteiger partial charge is 0.309 e. The molecule has 1 aromatic rings. The molecule has 0 heterocycles. The molecule has 15 heavy (non-hydrogen) atoms. The van der Waals surface area contributed by atoms with Gasteiger partial charge in [-0.05, 0) is 18.2 Å². The van der Waals surface area contributed by atoms with Gasteiger partial charge in [-0.1, -0.05) is 23.2 Å². The Kier molecular flexibility index (Phi) is 3.52. The molecule has 82 valence electrons. The van der Waals surface area contributed by atoms with Gasteiger partial charge in [-0.15, -0.1) is 0 Å². The zero-order valence-electron chi connectivity index (χ0n) is 7.31. The van der Waals surface area contributed by atoms with Crippen molar-refractivity contribution in [2.75, 3.05) is 0 Å². The van der Waals surface area contributed by atoms with Crippen LogP contribution in [0.5, 0.6) is 0 Å². The molecule has 0 aromatic heterocycles. The Bertz CT molecular complexity index is 373. The van der Waals surface area contributed by atoms with Crippen molar-refractivity contribution in [3.8, 4) is 0 Å². The highest BCUT2D eigenvalue weighted by molar-refractivity contribution is 6.34. The van der Waals surface area contributed by atoms with Gasteiger partial charge in [-0.3, -0.25) is 4.79 Å². The Morgan fingerprint density at radius 3 is 2.13 bits per heavy atom. The summed E-state index contributed by atoms with van der Waals surface area (Å²) < 4.78 is 26.5. The molecule has 0 bridgehead atoms. The van der Waals surface area contributed by atoms with Gasteiger partial charge in [0.15, 0.2) is 0 Å². The molecule has 0 saturated carbocycles. The number of halogens is 4. The van der Waals surface area contributed by atoms with Crippen molar-refractivity contribution in [3.63, 3.8) is 0 Å². The standard InChI is InChI=1S/C9H6Cl2F2O2/c10-6-1-5(2-7(11)3-6)9(12,13)4-8(14)15/h1-3H,4H2,(H,14,15). The second kappa shape index (κ2) is 4.33. The zero-order valence-corrected chi connectivity index (χ0v) is 8.82. The fraction of sp³-hybridized carbons (Fsp3) is 0.222. The van der Waals surface area contributed by atoms with E-state index in [0.29, 0.717) is 0 Å². The normalized spacial score (nSPS) is 11.5. The van der Waals surface area contributed by atoms with Gasteiger partial charge in [0.25, 0.3) is 5.92 Å². The maximum atomic E-state index is 13.3. The highest BCUT2D eigenvalue weighted by atomic mass is 35.5. The van der Waals surface area contributed by atoms with Crippen LogP contribution in [0.25, 0.3) is 0 Å². The topological polar surface area (TPSA) is 37.3 Å². The van der Waals surface area contributed by atoms with Crippen molar-refractivity contribution in [2.24, 2.45) is 0 Å². The van der Waals surface area contributed by atoms with Crippen LogP contribution in [0.3, 0.4) is 0 Å². The first-order valence-corrected chi connectivity index (χ1v) is 4.63. The van der Waals surface area contributed by atoms with Crippen LogP contribution in [0.1, 0.15) is 12.0 Å². The Morgan fingerprint density at radius 2 is 1.73 bits per heavy atom. The van der Waals surface area contributed by atoms with Crippen LogP contribution >= 0.6 is 23.2 Å². The maximum Gasteiger partial charge on any atom is 0.309 e. The van der Waals surface area contributed by atoms with Crippen LogP contribution < -0.4 is 0 Å². The summed E-state index contributed by atoms with van der Waals surface area (Å²) in [6, 6.07) is 3.29. The van der Waals surface area contributed by atoms with Crippen LogP contribution in [0.15, 0.2) is 18.2 Å². The minimum absolute atomic E-state index is 0.0440. The Hall–Kier alpha value is -0.870. The monoisotopic (exact) mass is 254 g/mol. The average molecular weight is 255 g/mol. The fourth-order valence-electron chi connectivity index (χ4n) is 1.06. The molecule has 0 unspecified atom stereocenters. The molecule has 1 aromatic carbocycles. The number of alkyl halides is 2. The lowest BCUT2D eigenvalue weighted by atomic mass is 10.1. The first-order chi connectivity index (χ1) is 6.81. The van der Waals surface area contributed by atoms with E-state index in [1.807, 2.05) is 0 Å². The Balaban J connectivity index is 3.08. The van der Waals surface area contributed by atoms with E-state index < -0.39 is 23.9 Å². The van der Waals surface area contributed by atoms with Crippen molar-refractivity contribution in [2.45, 2.75) is 12.3 Å². The van der Waals surface area contributed by atoms with Gasteiger partial charge in [-0.2, -0.15) is 0 Å². The molecule has 0 amide bonds. The lowest BCUT2D eigenvalue weighted by Crippen LogP contribution is -2.18. The number of hydrogen-bond donors (Lipinski definition) is 1. The lowest BCUT2D eigenvalue weighted by Gasteiger charge is -2.14. The van der Waals surface area contributed by atoms with Crippen molar-refractivity contribution in [1.82, 2.24) is 0 Å². The molecular weight excluding hydrogens is 249 g/mol. The first kappa shape index (κ1) is 12.2. The number of benzene rings is 1. The summed E-state index contributed by atoms with van der Waals surface area (Å²) in [5.74, 6) is -5.06. The van der Waals surface area contributed by atoms with Gasteiger partial charge >= 0.3 is 5.97 Å². The second-order valence-electron chi connectivity index (χ2n) is 2.93. The van der Waals surface area contributed by atoms with Crippen molar-refractivity contribution < 1.29 is 18.7 Å². The van der Waals surface area contributed by atoms with Gasteiger partial charge in [-0.25, -0.2) is 8.78 Å². The largest absolute Gasteiger partial charge is 0.481 e. The highest BCUT2D eigenvalue weighted by Gasteiger charge is 2.35. The molecule has 0 aliphatic carbocycles. The van der Waals surface area contributed by atoms with Gasteiger partial charge in [0.1, 0.15) is 6.42 Å². The van der Waals surface area contributed by atoms with Crippen LogP contribution in [0, 0.1) is 0 Å². The van der Waals surface area contributed by atoms with Crippen molar-refractivity contribution in [3.05, 3.63) is 33.8 Å². The molecule has 0 saturated heterocycles.